The van der Waals surface area contributed by atoms with E-state index < -0.39 is 27.7 Å². The molecule has 0 spiro atoms. The first-order valence-corrected chi connectivity index (χ1v) is 10.8. The summed E-state index contributed by atoms with van der Waals surface area (Å²) in [5, 5.41) is 2.46. The van der Waals surface area contributed by atoms with E-state index in [9.17, 15) is 26.4 Å². The molecule has 0 saturated heterocycles. The van der Waals surface area contributed by atoms with Crippen LogP contribution in [0.5, 0.6) is 0 Å². The Hall–Kier alpha value is -2.88. The van der Waals surface area contributed by atoms with Crippen LogP contribution in [0.4, 0.5) is 18.9 Å². The molecule has 0 bridgehead atoms. The number of alkyl halides is 3. The summed E-state index contributed by atoms with van der Waals surface area (Å²) in [6, 6.07) is 9.40. The van der Waals surface area contributed by atoms with Gasteiger partial charge in [-0.15, -0.1) is 0 Å². The molecule has 1 aliphatic heterocycles. The van der Waals surface area contributed by atoms with Crippen LogP contribution in [0.1, 0.15) is 41.6 Å². The number of carbonyl (C=O) groups is 1. The Morgan fingerprint density at radius 2 is 1.73 bits per heavy atom. The number of carbonyl (C=O) groups excluding carboxylic acids is 1. The molecule has 1 amide bonds. The fraction of sp³-hybridized carbons (Fsp3) is 0.300. The molecule has 0 aromatic heterocycles. The van der Waals surface area contributed by atoms with Crippen LogP contribution in [0.15, 0.2) is 58.4 Å². The van der Waals surface area contributed by atoms with Crippen molar-refractivity contribution in [2.75, 3.05) is 11.9 Å². The third-order valence-electron chi connectivity index (χ3n) is 4.50. The number of rotatable bonds is 4. The molecule has 160 valence electrons. The molecular formula is C20H20F3N3O3S. The Morgan fingerprint density at radius 1 is 1.00 bits per heavy atom. The van der Waals surface area contributed by atoms with Crippen molar-refractivity contribution in [1.82, 2.24) is 4.72 Å². The summed E-state index contributed by atoms with van der Waals surface area (Å²) in [5.74, 6) is -0.308. The molecule has 0 radical (unpaired) electrons. The zero-order valence-electron chi connectivity index (χ0n) is 15.9. The number of anilines is 1. The minimum Gasteiger partial charge on any atom is -0.322 e. The molecule has 0 unspecified atom stereocenters. The highest BCUT2D eigenvalue weighted by molar-refractivity contribution is 7.90. The fourth-order valence-corrected chi connectivity index (χ4v) is 4.02. The van der Waals surface area contributed by atoms with Crippen molar-refractivity contribution >= 4 is 27.5 Å². The van der Waals surface area contributed by atoms with Gasteiger partial charge in [-0.25, -0.2) is 8.42 Å². The highest BCUT2D eigenvalue weighted by Gasteiger charge is 2.30. The van der Waals surface area contributed by atoms with E-state index in [1.54, 1.807) is 0 Å². The average Bonchev–Trinajstić information content (AvgIpc) is 2.96. The Bertz CT molecular complexity index is 1050. The summed E-state index contributed by atoms with van der Waals surface area (Å²) >= 11 is 0. The maximum atomic E-state index is 12.8. The summed E-state index contributed by atoms with van der Waals surface area (Å²) in [4.78, 5) is 16.5. The second kappa shape index (κ2) is 8.86. The second-order valence-corrected chi connectivity index (χ2v) is 8.48. The summed E-state index contributed by atoms with van der Waals surface area (Å²) in [6.07, 6.45) is -1.21. The second-order valence-electron chi connectivity index (χ2n) is 6.80. The third-order valence-corrected chi connectivity index (χ3v) is 5.90. The molecule has 10 heteroatoms. The van der Waals surface area contributed by atoms with Crippen LogP contribution in [0.2, 0.25) is 0 Å². The van der Waals surface area contributed by atoms with Crippen molar-refractivity contribution in [2.24, 2.45) is 4.99 Å². The molecule has 0 aliphatic carbocycles. The Balaban J connectivity index is 1.70. The number of halogens is 3. The van der Waals surface area contributed by atoms with Gasteiger partial charge in [0, 0.05) is 24.2 Å². The Morgan fingerprint density at radius 3 is 2.43 bits per heavy atom. The number of hydrogen-bond donors (Lipinski definition) is 2. The van der Waals surface area contributed by atoms with Crippen molar-refractivity contribution in [3.05, 3.63) is 59.7 Å². The first-order valence-electron chi connectivity index (χ1n) is 9.30. The van der Waals surface area contributed by atoms with Gasteiger partial charge < -0.3 is 5.32 Å². The molecule has 0 atom stereocenters. The number of benzene rings is 2. The van der Waals surface area contributed by atoms with Crippen molar-refractivity contribution in [1.29, 1.82) is 0 Å². The molecule has 0 fully saturated rings. The summed E-state index contributed by atoms with van der Waals surface area (Å²) in [6.45, 7) is 0.582. The van der Waals surface area contributed by atoms with Gasteiger partial charge in [-0.1, -0.05) is 12.5 Å². The Labute approximate surface area is 172 Å². The van der Waals surface area contributed by atoms with Crippen molar-refractivity contribution in [3.8, 4) is 0 Å². The molecule has 0 saturated carbocycles. The number of aliphatic imine (C=N–C) groups is 1. The van der Waals surface area contributed by atoms with Crippen LogP contribution >= 0.6 is 0 Å². The normalized spacial score (nSPS) is 15.1. The lowest BCUT2D eigenvalue weighted by Crippen LogP contribution is -2.30. The maximum absolute atomic E-state index is 12.8. The van der Waals surface area contributed by atoms with E-state index in [-0.39, 0.29) is 16.1 Å². The third kappa shape index (κ3) is 5.59. The van der Waals surface area contributed by atoms with Gasteiger partial charge in [0.2, 0.25) is 0 Å². The van der Waals surface area contributed by atoms with E-state index in [2.05, 4.69) is 15.0 Å². The van der Waals surface area contributed by atoms with Gasteiger partial charge in [0.1, 0.15) is 5.84 Å². The predicted octanol–water partition coefficient (Wildman–Crippen LogP) is 4.21. The van der Waals surface area contributed by atoms with Crippen molar-refractivity contribution in [2.45, 2.75) is 36.8 Å². The number of amides is 1. The number of nitrogens with zero attached hydrogens (tertiary/aromatic N) is 1. The molecule has 1 aliphatic rings. The number of hydrogen-bond acceptors (Lipinski definition) is 4. The minimum atomic E-state index is -4.55. The van der Waals surface area contributed by atoms with E-state index in [4.69, 9.17) is 0 Å². The zero-order valence-corrected chi connectivity index (χ0v) is 16.7. The molecule has 30 heavy (non-hydrogen) atoms. The van der Waals surface area contributed by atoms with E-state index in [1.807, 2.05) is 0 Å². The van der Waals surface area contributed by atoms with Crippen LogP contribution in [0.3, 0.4) is 0 Å². The number of nitrogens with one attached hydrogen (secondary N) is 2. The molecule has 1 heterocycles. The van der Waals surface area contributed by atoms with Crippen LogP contribution in [-0.2, 0) is 16.2 Å². The van der Waals surface area contributed by atoms with Gasteiger partial charge in [0.25, 0.3) is 15.9 Å². The molecule has 2 aromatic rings. The lowest BCUT2D eigenvalue weighted by molar-refractivity contribution is -0.137. The van der Waals surface area contributed by atoms with Crippen LogP contribution < -0.4 is 10.0 Å². The van der Waals surface area contributed by atoms with E-state index in [0.29, 0.717) is 18.8 Å². The topological polar surface area (TPSA) is 87.6 Å². The van der Waals surface area contributed by atoms with Gasteiger partial charge in [-0.05, 0) is 55.3 Å². The molecular weight excluding hydrogens is 419 g/mol. The first kappa shape index (κ1) is 21.8. The van der Waals surface area contributed by atoms with Gasteiger partial charge in [0.15, 0.2) is 0 Å². The SMILES string of the molecule is O=C(Nc1ccc(S(=O)(=O)NC2=NCCCCC2)cc1)c1cccc(C(F)(F)F)c1. The number of amidine groups is 1. The van der Waals surface area contributed by atoms with Crippen LogP contribution in [-0.4, -0.2) is 26.7 Å². The Kier molecular flexibility index (Phi) is 6.45. The largest absolute Gasteiger partial charge is 0.416 e. The lowest BCUT2D eigenvalue weighted by Gasteiger charge is -2.11. The molecule has 2 N–H and O–H groups in total. The average molecular weight is 439 g/mol. The van der Waals surface area contributed by atoms with Gasteiger partial charge in [0.05, 0.1) is 10.5 Å². The zero-order chi connectivity index (χ0) is 21.8. The number of sulfonamides is 1. The monoisotopic (exact) mass is 439 g/mol. The molecule has 2 aromatic carbocycles. The summed E-state index contributed by atoms with van der Waals surface area (Å²) in [5.41, 5.74) is -0.832. The van der Waals surface area contributed by atoms with Gasteiger partial charge in [-0.2, -0.15) is 13.2 Å². The lowest BCUT2D eigenvalue weighted by atomic mass is 10.1. The summed E-state index contributed by atoms with van der Waals surface area (Å²) in [7, 11) is -3.81. The standard InChI is InChI=1S/C20H20F3N3O3S/c21-20(22,23)15-6-4-5-14(13-15)19(27)25-16-8-10-17(11-9-16)30(28,29)26-18-7-2-1-3-12-24-18/h4-6,8-11,13H,1-3,7,12H2,(H,24,26)(H,25,27). The highest BCUT2D eigenvalue weighted by Crippen LogP contribution is 2.29. The van der Waals surface area contributed by atoms with Crippen LogP contribution in [0.25, 0.3) is 0 Å². The predicted molar refractivity (Wildman–Crippen MR) is 107 cm³/mol. The highest BCUT2D eigenvalue weighted by atomic mass is 32.2. The van der Waals surface area contributed by atoms with Crippen molar-refractivity contribution in [3.63, 3.8) is 0 Å². The first-order chi connectivity index (χ1) is 14.1. The van der Waals surface area contributed by atoms with E-state index in [1.165, 1.54) is 30.3 Å². The summed E-state index contributed by atoms with van der Waals surface area (Å²) < 4.78 is 65.9. The maximum Gasteiger partial charge on any atom is 0.416 e. The van der Waals surface area contributed by atoms with Gasteiger partial charge >= 0.3 is 6.18 Å². The fourth-order valence-electron chi connectivity index (χ4n) is 2.93. The van der Waals surface area contributed by atoms with E-state index >= 15 is 0 Å². The molecule has 3 rings (SSSR count). The minimum absolute atomic E-state index is 0.00786. The smallest absolute Gasteiger partial charge is 0.322 e. The molecule has 6 nitrogen and oxygen atoms in total. The van der Waals surface area contributed by atoms with E-state index in [0.717, 1.165) is 37.5 Å². The van der Waals surface area contributed by atoms with Crippen molar-refractivity contribution < 1.29 is 26.4 Å². The van der Waals surface area contributed by atoms with Crippen LogP contribution in [0, 0.1) is 0 Å². The quantitative estimate of drug-likeness (QED) is 0.748. The van der Waals surface area contributed by atoms with Gasteiger partial charge in [-0.3, -0.25) is 14.5 Å².